The number of hydrogen-bond acceptors (Lipinski definition) is 4. The molecule has 6 heteroatoms. The molecule has 0 saturated carbocycles. The molecule has 0 aliphatic heterocycles. The molecule has 126 valence electrons. The van der Waals surface area contributed by atoms with Crippen molar-refractivity contribution in [3.63, 3.8) is 0 Å². The Balaban J connectivity index is 5.41. The van der Waals surface area contributed by atoms with Crippen molar-refractivity contribution in [1.82, 2.24) is 0 Å². The van der Waals surface area contributed by atoms with E-state index in [2.05, 4.69) is 11.7 Å². The van der Waals surface area contributed by atoms with Gasteiger partial charge in [-0.05, 0) is 17.9 Å². The summed E-state index contributed by atoms with van der Waals surface area (Å²) in [4.78, 5) is 33.8. The van der Waals surface area contributed by atoms with Gasteiger partial charge in [0.1, 0.15) is 0 Å². The number of methoxy groups -OCH3 is 1. The highest BCUT2D eigenvalue weighted by Gasteiger charge is 2.22. The summed E-state index contributed by atoms with van der Waals surface area (Å²) in [5.74, 6) is -2.82. The Morgan fingerprint density at radius 3 is 2.14 bits per heavy atom. The summed E-state index contributed by atoms with van der Waals surface area (Å²) in [5, 5.41) is 18.2. The van der Waals surface area contributed by atoms with E-state index in [0.29, 0.717) is 12.0 Å². The van der Waals surface area contributed by atoms with Crippen LogP contribution < -0.4 is 0 Å². The summed E-state index contributed by atoms with van der Waals surface area (Å²) >= 11 is 0. The highest BCUT2D eigenvalue weighted by molar-refractivity contribution is 5.93. The van der Waals surface area contributed by atoms with Crippen molar-refractivity contribution in [2.24, 2.45) is 5.92 Å². The van der Waals surface area contributed by atoms with Gasteiger partial charge in [-0.25, -0.2) is 4.79 Å². The van der Waals surface area contributed by atoms with E-state index in [0.717, 1.165) is 25.7 Å². The number of aliphatic carboxylic acids is 2. The molecule has 0 bridgehead atoms. The third-order valence-electron chi connectivity index (χ3n) is 3.68. The zero-order valence-corrected chi connectivity index (χ0v) is 13.6. The maximum atomic E-state index is 11.5. The van der Waals surface area contributed by atoms with Crippen molar-refractivity contribution in [2.75, 3.05) is 7.11 Å². The van der Waals surface area contributed by atoms with Crippen molar-refractivity contribution in [2.45, 2.75) is 58.8 Å². The predicted octanol–water partition coefficient (Wildman–Crippen LogP) is 3.01. The van der Waals surface area contributed by atoms with Crippen LogP contribution in [-0.2, 0) is 19.1 Å². The third kappa shape index (κ3) is 7.81. The molecule has 0 aliphatic rings. The van der Waals surface area contributed by atoms with Crippen LogP contribution in [0.1, 0.15) is 58.8 Å². The molecular weight excluding hydrogens is 288 g/mol. The fourth-order valence-corrected chi connectivity index (χ4v) is 2.34. The maximum absolute atomic E-state index is 11.5. The van der Waals surface area contributed by atoms with Crippen LogP contribution in [0.15, 0.2) is 11.1 Å². The molecule has 0 amide bonds. The summed E-state index contributed by atoms with van der Waals surface area (Å²) < 4.78 is 4.60. The number of hydrogen-bond donors (Lipinski definition) is 2. The SMILES string of the molecule is CCCCC(CC)CC(CC(=O)OC)=C(CC(=O)O)C(=O)O. The molecule has 0 heterocycles. The van der Waals surface area contributed by atoms with Crippen molar-refractivity contribution in [1.29, 1.82) is 0 Å². The van der Waals surface area contributed by atoms with Crippen molar-refractivity contribution in [3.05, 3.63) is 11.1 Å². The van der Waals surface area contributed by atoms with Crippen molar-refractivity contribution in [3.8, 4) is 0 Å². The number of carbonyl (C=O) groups is 3. The van der Waals surface area contributed by atoms with Gasteiger partial charge in [0, 0.05) is 5.57 Å². The molecule has 6 nitrogen and oxygen atoms in total. The Bertz CT molecular complexity index is 424. The second kappa shape index (κ2) is 10.8. The van der Waals surface area contributed by atoms with Gasteiger partial charge in [0.05, 0.1) is 20.0 Å². The average molecular weight is 314 g/mol. The molecule has 2 N–H and O–H groups in total. The van der Waals surface area contributed by atoms with Gasteiger partial charge in [0.15, 0.2) is 0 Å². The van der Waals surface area contributed by atoms with Crippen LogP contribution in [0, 0.1) is 5.92 Å². The minimum Gasteiger partial charge on any atom is -0.481 e. The summed E-state index contributed by atoms with van der Waals surface area (Å²) in [6.45, 7) is 4.08. The fraction of sp³-hybridized carbons (Fsp3) is 0.688. The van der Waals surface area contributed by atoms with Crippen LogP contribution in [0.25, 0.3) is 0 Å². The molecule has 0 spiro atoms. The summed E-state index contributed by atoms with van der Waals surface area (Å²) in [6.07, 6.45) is 3.49. The topological polar surface area (TPSA) is 101 Å². The fourth-order valence-electron chi connectivity index (χ4n) is 2.34. The Morgan fingerprint density at radius 2 is 1.73 bits per heavy atom. The monoisotopic (exact) mass is 314 g/mol. The van der Waals surface area contributed by atoms with E-state index < -0.39 is 24.3 Å². The zero-order chi connectivity index (χ0) is 17.1. The zero-order valence-electron chi connectivity index (χ0n) is 13.6. The van der Waals surface area contributed by atoms with Crippen LogP contribution in [0.2, 0.25) is 0 Å². The highest BCUT2D eigenvalue weighted by atomic mass is 16.5. The lowest BCUT2D eigenvalue weighted by molar-refractivity contribution is -0.141. The van der Waals surface area contributed by atoms with Crippen molar-refractivity contribution >= 4 is 17.9 Å². The first-order valence-corrected chi connectivity index (χ1v) is 7.58. The summed E-state index contributed by atoms with van der Waals surface area (Å²) in [5.41, 5.74) is 0.164. The third-order valence-corrected chi connectivity index (χ3v) is 3.68. The summed E-state index contributed by atoms with van der Waals surface area (Å²) in [7, 11) is 1.23. The van der Waals surface area contributed by atoms with Crippen LogP contribution in [0.4, 0.5) is 0 Å². The lowest BCUT2D eigenvalue weighted by Gasteiger charge is -2.18. The average Bonchev–Trinajstić information content (AvgIpc) is 2.47. The van der Waals surface area contributed by atoms with Gasteiger partial charge in [-0.15, -0.1) is 0 Å². The molecule has 1 atom stereocenters. The number of unbranched alkanes of at least 4 members (excludes halogenated alkanes) is 1. The number of carboxylic acid groups (broad SMARTS) is 2. The first-order chi connectivity index (χ1) is 10.3. The van der Waals surface area contributed by atoms with Crippen LogP contribution in [-0.4, -0.2) is 35.2 Å². The molecule has 1 unspecified atom stereocenters. The Labute approximate surface area is 131 Å². The molecule has 0 radical (unpaired) electrons. The second-order valence-corrected chi connectivity index (χ2v) is 5.33. The number of carbonyl (C=O) groups excluding carboxylic acids is 1. The van der Waals surface area contributed by atoms with Gasteiger partial charge in [-0.2, -0.15) is 0 Å². The molecule has 0 aromatic carbocycles. The highest BCUT2D eigenvalue weighted by Crippen LogP contribution is 2.27. The van der Waals surface area contributed by atoms with E-state index in [-0.39, 0.29) is 17.9 Å². The van der Waals surface area contributed by atoms with Crippen LogP contribution in [0.5, 0.6) is 0 Å². The van der Waals surface area contributed by atoms with Crippen molar-refractivity contribution < 1.29 is 29.3 Å². The Hall–Kier alpha value is -1.85. The van der Waals surface area contributed by atoms with E-state index in [1.54, 1.807) is 0 Å². The van der Waals surface area contributed by atoms with Gasteiger partial charge < -0.3 is 14.9 Å². The maximum Gasteiger partial charge on any atom is 0.332 e. The first-order valence-electron chi connectivity index (χ1n) is 7.58. The standard InChI is InChI=1S/C16H26O6/c1-4-6-7-11(5-2)8-12(9-15(19)22-3)13(16(20)21)10-14(17)18/h11H,4-10H2,1-3H3,(H,17,18)(H,20,21). The minimum atomic E-state index is -1.29. The first kappa shape index (κ1) is 20.1. The summed E-state index contributed by atoms with van der Waals surface area (Å²) in [6, 6.07) is 0. The number of rotatable bonds is 11. The van der Waals surface area contributed by atoms with Gasteiger partial charge >= 0.3 is 17.9 Å². The number of esters is 1. The van der Waals surface area contributed by atoms with E-state index >= 15 is 0 Å². The van der Waals surface area contributed by atoms with E-state index in [4.69, 9.17) is 5.11 Å². The molecule has 0 saturated heterocycles. The van der Waals surface area contributed by atoms with Crippen LogP contribution in [0.3, 0.4) is 0 Å². The quantitative estimate of drug-likeness (QED) is 0.449. The smallest absolute Gasteiger partial charge is 0.332 e. The number of ether oxygens (including phenoxy) is 1. The van der Waals surface area contributed by atoms with Gasteiger partial charge in [0.2, 0.25) is 0 Å². The molecule has 0 fully saturated rings. The lowest BCUT2D eigenvalue weighted by Crippen LogP contribution is -2.15. The molecular formula is C16H26O6. The normalized spacial score (nSPS) is 13.2. The molecule has 0 aromatic rings. The largest absolute Gasteiger partial charge is 0.481 e. The molecule has 0 aliphatic carbocycles. The number of carboxylic acids is 2. The Morgan fingerprint density at radius 1 is 1.09 bits per heavy atom. The molecule has 0 aromatic heterocycles. The molecule has 22 heavy (non-hydrogen) atoms. The predicted molar refractivity (Wildman–Crippen MR) is 81.5 cm³/mol. The van der Waals surface area contributed by atoms with Crippen LogP contribution >= 0.6 is 0 Å². The Kier molecular flexibility index (Phi) is 9.91. The van der Waals surface area contributed by atoms with Gasteiger partial charge in [-0.3, -0.25) is 9.59 Å². The minimum absolute atomic E-state index is 0.173. The van der Waals surface area contributed by atoms with E-state index in [1.165, 1.54) is 7.11 Å². The van der Waals surface area contributed by atoms with Gasteiger partial charge in [0.25, 0.3) is 0 Å². The second-order valence-electron chi connectivity index (χ2n) is 5.33. The lowest BCUT2D eigenvalue weighted by atomic mass is 9.87. The van der Waals surface area contributed by atoms with Gasteiger partial charge in [-0.1, -0.05) is 39.5 Å². The van der Waals surface area contributed by atoms with E-state index in [9.17, 15) is 19.5 Å². The molecule has 0 rings (SSSR count). The van der Waals surface area contributed by atoms with E-state index in [1.807, 2.05) is 6.92 Å².